The summed E-state index contributed by atoms with van der Waals surface area (Å²) in [5.74, 6) is 0.942. The quantitative estimate of drug-likeness (QED) is 0.726. The van der Waals surface area contributed by atoms with Gasteiger partial charge in [0.1, 0.15) is 0 Å². The summed E-state index contributed by atoms with van der Waals surface area (Å²) in [6, 6.07) is 18.5. The van der Waals surface area contributed by atoms with Gasteiger partial charge >= 0.3 is 0 Å². The molecule has 0 aliphatic heterocycles. The molecule has 2 rings (SSSR count). The highest BCUT2D eigenvalue weighted by molar-refractivity contribution is 9.10. The van der Waals surface area contributed by atoms with Crippen molar-refractivity contribution in [2.45, 2.75) is 16.9 Å². The zero-order valence-electron chi connectivity index (χ0n) is 12.1. The highest BCUT2D eigenvalue weighted by Gasteiger charge is 2.28. The number of aliphatic hydroxyl groups excluding tert-OH is 1. The van der Waals surface area contributed by atoms with Crippen LogP contribution in [-0.4, -0.2) is 24.5 Å². The topological polar surface area (TPSA) is 32.3 Å². The standard InChI is InChI=1S/C17H20BrNOS/c1-19-17(13-20,14-5-3-2-4-6-14)11-12-21-16-9-7-15(18)8-10-16/h2-10,19-20H,11-13H2,1H3. The summed E-state index contributed by atoms with van der Waals surface area (Å²) >= 11 is 5.26. The average Bonchev–Trinajstić information content (AvgIpc) is 2.55. The van der Waals surface area contributed by atoms with E-state index in [0.29, 0.717) is 0 Å². The van der Waals surface area contributed by atoms with Crippen molar-refractivity contribution in [2.75, 3.05) is 19.4 Å². The molecule has 0 heterocycles. The molecule has 0 saturated carbocycles. The van der Waals surface area contributed by atoms with E-state index in [0.717, 1.165) is 22.2 Å². The monoisotopic (exact) mass is 365 g/mol. The van der Waals surface area contributed by atoms with Crippen LogP contribution in [0.1, 0.15) is 12.0 Å². The Morgan fingerprint density at radius 3 is 2.33 bits per heavy atom. The molecule has 0 aliphatic carbocycles. The molecule has 4 heteroatoms. The normalized spacial score (nSPS) is 13.9. The Balaban J connectivity index is 2.02. The van der Waals surface area contributed by atoms with Gasteiger partial charge in [0.05, 0.1) is 12.1 Å². The van der Waals surface area contributed by atoms with Crippen molar-refractivity contribution in [2.24, 2.45) is 0 Å². The highest BCUT2D eigenvalue weighted by atomic mass is 79.9. The van der Waals surface area contributed by atoms with Crippen LogP contribution in [0.5, 0.6) is 0 Å². The number of nitrogens with one attached hydrogen (secondary N) is 1. The van der Waals surface area contributed by atoms with E-state index in [9.17, 15) is 5.11 Å². The average molecular weight is 366 g/mol. The fourth-order valence-electron chi connectivity index (χ4n) is 2.29. The second-order valence-electron chi connectivity index (χ2n) is 4.91. The number of thioether (sulfide) groups is 1. The third-order valence-electron chi connectivity index (χ3n) is 3.69. The van der Waals surface area contributed by atoms with Crippen LogP contribution in [0.4, 0.5) is 0 Å². The van der Waals surface area contributed by atoms with E-state index in [4.69, 9.17) is 0 Å². The van der Waals surface area contributed by atoms with E-state index >= 15 is 0 Å². The molecule has 0 aromatic heterocycles. The molecule has 0 radical (unpaired) electrons. The minimum atomic E-state index is -0.371. The summed E-state index contributed by atoms with van der Waals surface area (Å²) < 4.78 is 1.09. The van der Waals surface area contributed by atoms with E-state index in [2.05, 4.69) is 57.6 Å². The van der Waals surface area contributed by atoms with E-state index in [1.54, 1.807) is 0 Å². The first-order chi connectivity index (χ1) is 10.2. The van der Waals surface area contributed by atoms with Crippen LogP contribution in [0.2, 0.25) is 0 Å². The summed E-state index contributed by atoms with van der Waals surface area (Å²) in [6.45, 7) is 0.0917. The number of hydrogen-bond acceptors (Lipinski definition) is 3. The van der Waals surface area contributed by atoms with Crippen molar-refractivity contribution in [3.8, 4) is 0 Å². The van der Waals surface area contributed by atoms with Crippen LogP contribution < -0.4 is 5.32 Å². The van der Waals surface area contributed by atoms with Crippen molar-refractivity contribution >= 4 is 27.7 Å². The molecule has 0 fully saturated rings. The SMILES string of the molecule is CNC(CO)(CCSc1ccc(Br)cc1)c1ccccc1. The third kappa shape index (κ3) is 4.33. The summed E-state index contributed by atoms with van der Waals surface area (Å²) in [6.07, 6.45) is 0.866. The van der Waals surface area contributed by atoms with Crippen LogP contribution in [0.25, 0.3) is 0 Å². The highest BCUT2D eigenvalue weighted by Crippen LogP contribution is 2.29. The number of rotatable bonds is 7. The van der Waals surface area contributed by atoms with Crippen molar-refractivity contribution in [1.29, 1.82) is 0 Å². The predicted molar refractivity (Wildman–Crippen MR) is 93.7 cm³/mol. The smallest absolute Gasteiger partial charge is 0.0674 e. The predicted octanol–water partition coefficient (Wildman–Crippen LogP) is 4.04. The van der Waals surface area contributed by atoms with E-state index in [-0.39, 0.29) is 12.1 Å². The molecule has 1 atom stereocenters. The third-order valence-corrected chi connectivity index (χ3v) is 5.23. The lowest BCUT2D eigenvalue weighted by molar-refractivity contribution is 0.165. The number of halogens is 1. The first-order valence-corrected chi connectivity index (χ1v) is 8.72. The molecule has 21 heavy (non-hydrogen) atoms. The van der Waals surface area contributed by atoms with E-state index < -0.39 is 0 Å². The molecule has 0 amide bonds. The zero-order valence-corrected chi connectivity index (χ0v) is 14.5. The summed E-state index contributed by atoms with van der Waals surface area (Å²) in [4.78, 5) is 1.24. The second kappa shape index (κ2) is 7.99. The summed E-state index contributed by atoms with van der Waals surface area (Å²) in [5.41, 5.74) is 0.760. The van der Waals surface area contributed by atoms with Gasteiger partial charge in [0, 0.05) is 15.1 Å². The maximum atomic E-state index is 9.89. The molecular formula is C17H20BrNOS. The Labute approximate surface area is 139 Å². The van der Waals surface area contributed by atoms with Gasteiger partial charge in [0.25, 0.3) is 0 Å². The Hall–Kier alpha value is -0.810. The Kier molecular flexibility index (Phi) is 6.30. The van der Waals surface area contributed by atoms with Gasteiger partial charge in [-0.05, 0) is 43.3 Å². The maximum Gasteiger partial charge on any atom is 0.0674 e. The molecule has 2 aromatic rings. The van der Waals surface area contributed by atoms with Crippen LogP contribution >= 0.6 is 27.7 Å². The molecule has 0 aliphatic rings. The molecule has 2 nitrogen and oxygen atoms in total. The lowest BCUT2D eigenvalue weighted by Gasteiger charge is -2.32. The maximum absolute atomic E-state index is 9.89. The van der Waals surface area contributed by atoms with Crippen LogP contribution in [0.3, 0.4) is 0 Å². The fraction of sp³-hybridized carbons (Fsp3) is 0.294. The van der Waals surface area contributed by atoms with Crippen molar-refractivity contribution in [1.82, 2.24) is 5.32 Å². The first kappa shape index (κ1) is 16.6. The van der Waals surface area contributed by atoms with Gasteiger partial charge in [-0.15, -0.1) is 11.8 Å². The van der Waals surface area contributed by atoms with Gasteiger partial charge in [0.15, 0.2) is 0 Å². The molecular weight excluding hydrogens is 346 g/mol. The van der Waals surface area contributed by atoms with Crippen LogP contribution in [0, 0.1) is 0 Å². The number of likely N-dealkylation sites (N-methyl/N-ethyl adjacent to an activating group) is 1. The molecule has 0 saturated heterocycles. The van der Waals surface area contributed by atoms with E-state index in [1.165, 1.54) is 4.90 Å². The van der Waals surface area contributed by atoms with Gasteiger partial charge < -0.3 is 10.4 Å². The van der Waals surface area contributed by atoms with Crippen LogP contribution in [-0.2, 0) is 5.54 Å². The Morgan fingerprint density at radius 2 is 1.76 bits per heavy atom. The molecule has 0 spiro atoms. The second-order valence-corrected chi connectivity index (χ2v) is 6.99. The molecule has 2 aromatic carbocycles. The van der Waals surface area contributed by atoms with Gasteiger partial charge in [-0.3, -0.25) is 0 Å². The first-order valence-electron chi connectivity index (χ1n) is 6.94. The van der Waals surface area contributed by atoms with Crippen molar-refractivity contribution in [3.63, 3.8) is 0 Å². The zero-order chi connectivity index (χ0) is 15.1. The lowest BCUT2D eigenvalue weighted by Crippen LogP contribution is -2.44. The molecule has 2 N–H and O–H groups in total. The minimum absolute atomic E-state index is 0.0917. The molecule has 1 unspecified atom stereocenters. The largest absolute Gasteiger partial charge is 0.394 e. The molecule has 112 valence electrons. The Morgan fingerprint density at radius 1 is 1.10 bits per heavy atom. The van der Waals surface area contributed by atoms with Crippen molar-refractivity contribution in [3.05, 3.63) is 64.6 Å². The van der Waals surface area contributed by atoms with Gasteiger partial charge in [0.2, 0.25) is 0 Å². The van der Waals surface area contributed by atoms with Gasteiger partial charge in [-0.25, -0.2) is 0 Å². The number of aliphatic hydroxyl groups is 1. The Bertz CT molecular complexity index is 540. The minimum Gasteiger partial charge on any atom is -0.394 e. The van der Waals surface area contributed by atoms with Gasteiger partial charge in [-0.1, -0.05) is 46.3 Å². The fourth-order valence-corrected chi connectivity index (χ4v) is 3.57. The summed E-state index contributed by atoms with van der Waals surface area (Å²) in [5, 5.41) is 13.2. The van der Waals surface area contributed by atoms with Gasteiger partial charge in [-0.2, -0.15) is 0 Å². The van der Waals surface area contributed by atoms with E-state index in [1.807, 2.05) is 37.0 Å². The number of benzene rings is 2. The van der Waals surface area contributed by atoms with Crippen LogP contribution in [0.15, 0.2) is 64.0 Å². The number of hydrogen-bond donors (Lipinski definition) is 2. The summed E-state index contributed by atoms with van der Waals surface area (Å²) in [7, 11) is 1.91. The molecule has 0 bridgehead atoms. The lowest BCUT2D eigenvalue weighted by atomic mass is 9.88. The van der Waals surface area contributed by atoms with Crippen molar-refractivity contribution < 1.29 is 5.11 Å².